The molecular weight excluding hydrogens is 388 g/mol. The number of rotatable bonds is 9. The smallest absolute Gasteiger partial charge is 0.257 e. The Morgan fingerprint density at radius 1 is 1.19 bits per heavy atom. The van der Waals surface area contributed by atoms with E-state index >= 15 is 0 Å². The van der Waals surface area contributed by atoms with Crippen molar-refractivity contribution < 1.29 is 4.79 Å². The van der Waals surface area contributed by atoms with Gasteiger partial charge >= 0.3 is 0 Å². The van der Waals surface area contributed by atoms with E-state index in [4.69, 9.17) is 10.7 Å². The van der Waals surface area contributed by atoms with E-state index in [9.17, 15) is 4.79 Å². The van der Waals surface area contributed by atoms with Gasteiger partial charge < -0.3 is 16.0 Å². The summed E-state index contributed by atoms with van der Waals surface area (Å²) < 4.78 is 0. The number of nitrogens with one attached hydrogen (secondary N) is 2. The molecule has 3 atom stereocenters. The summed E-state index contributed by atoms with van der Waals surface area (Å²) in [5.74, 6) is 1.80. The van der Waals surface area contributed by atoms with Gasteiger partial charge in [-0.2, -0.15) is 0 Å². The Kier molecular flexibility index (Phi) is 7.31. The number of likely N-dealkylation sites (N-methyl/N-ethyl adjacent to an activating group) is 1. The summed E-state index contributed by atoms with van der Waals surface area (Å²) in [6, 6.07) is 0.521. The van der Waals surface area contributed by atoms with Gasteiger partial charge in [-0.3, -0.25) is 9.69 Å². The molecule has 3 aliphatic rings. The van der Waals surface area contributed by atoms with Crippen LogP contribution in [0.25, 0.3) is 0 Å². The van der Waals surface area contributed by atoms with Crippen LogP contribution in [0, 0.1) is 11.8 Å². The van der Waals surface area contributed by atoms with Crippen LogP contribution in [0.3, 0.4) is 0 Å². The summed E-state index contributed by atoms with van der Waals surface area (Å²) in [6.07, 6.45) is 18.8. The molecule has 0 unspecified atom stereocenters. The zero-order chi connectivity index (χ0) is 21.7. The van der Waals surface area contributed by atoms with E-state index in [-0.39, 0.29) is 5.91 Å². The summed E-state index contributed by atoms with van der Waals surface area (Å²) in [5.41, 5.74) is 6.68. The van der Waals surface area contributed by atoms with Gasteiger partial charge in [-0.15, -0.1) is 0 Å². The molecule has 2 aliphatic carbocycles. The van der Waals surface area contributed by atoms with Crippen molar-refractivity contribution in [3.8, 4) is 0 Å². The van der Waals surface area contributed by atoms with Crippen LogP contribution in [-0.2, 0) is 11.2 Å². The highest BCUT2D eigenvalue weighted by molar-refractivity contribution is 6.06. The molecule has 1 aliphatic heterocycles. The lowest BCUT2D eigenvalue weighted by molar-refractivity contribution is -0.131. The van der Waals surface area contributed by atoms with Crippen molar-refractivity contribution in [2.24, 2.45) is 22.6 Å². The molecule has 1 amide bonds. The van der Waals surface area contributed by atoms with Gasteiger partial charge in [0.05, 0.1) is 6.33 Å². The molecule has 0 spiro atoms. The minimum atomic E-state index is -0.626. The fourth-order valence-corrected chi connectivity index (χ4v) is 6.05. The molecule has 7 heteroatoms. The predicted molar refractivity (Wildman–Crippen MR) is 124 cm³/mol. The van der Waals surface area contributed by atoms with Crippen molar-refractivity contribution in [1.29, 1.82) is 0 Å². The van der Waals surface area contributed by atoms with Crippen molar-refractivity contribution in [2.75, 3.05) is 13.6 Å². The van der Waals surface area contributed by atoms with E-state index in [1.807, 2.05) is 6.20 Å². The van der Waals surface area contributed by atoms with Crippen LogP contribution in [0.4, 0.5) is 0 Å². The van der Waals surface area contributed by atoms with Crippen LogP contribution in [0.15, 0.2) is 17.5 Å². The molecule has 4 rings (SSSR count). The van der Waals surface area contributed by atoms with Crippen LogP contribution >= 0.6 is 0 Å². The minimum Gasteiger partial charge on any atom is -0.369 e. The van der Waals surface area contributed by atoms with Gasteiger partial charge in [-0.25, -0.2) is 9.98 Å². The number of nitrogens with zero attached hydrogens (tertiary/aromatic N) is 3. The summed E-state index contributed by atoms with van der Waals surface area (Å²) in [4.78, 5) is 26.9. The average molecular weight is 429 g/mol. The molecule has 0 saturated heterocycles. The number of amides is 1. The van der Waals surface area contributed by atoms with Crippen LogP contribution in [0.1, 0.15) is 82.7 Å². The highest BCUT2D eigenvalue weighted by atomic mass is 16.2. The maximum Gasteiger partial charge on any atom is 0.257 e. The van der Waals surface area contributed by atoms with Crippen molar-refractivity contribution >= 4 is 11.9 Å². The number of hydrogen-bond acceptors (Lipinski definition) is 5. The number of carbonyl (C=O) groups excluding carboxylic acids is 1. The lowest BCUT2D eigenvalue weighted by Gasteiger charge is -2.35. The highest BCUT2D eigenvalue weighted by Gasteiger charge is 2.47. The first-order valence-electron chi connectivity index (χ1n) is 12.4. The Morgan fingerprint density at radius 3 is 2.71 bits per heavy atom. The Balaban J connectivity index is 1.35. The van der Waals surface area contributed by atoms with Crippen molar-refractivity contribution in [3.05, 3.63) is 18.2 Å². The quantitative estimate of drug-likeness (QED) is 0.561. The van der Waals surface area contributed by atoms with Crippen LogP contribution < -0.4 is 11.1 Å². The normalized spacial score (nSPS) is 30.0. The largest absolute Gasteiger partial charge is 0.369 e. The van der Waals surface area contributed by atoms with Crippen molar-refractivity contribution in [2.45, 2.75) is 95.1 Å². The average Bonchev–Trinajstić information content (AvgIpc) is 3.37. The topological polar surface area (TPSA) is 99.4 Å². The zero-order valence-electron chi connectivity index (χ0n) is 19.1. The molecule has 2 heterocycles. The van der Waals surface area contributed by atoms with Gasteiger partial charge in [0.2, 0.25) is 0 Å². The van der Waals surface area contributed by atoms with Crippen molar-refractivity contribution in [1.82, 2.24) is 20.2 Å². The number of aromatic nitrogens is 2. The number of guanidine groups is 1. The second kappa shape index (κ2) is 10.2. The van der Waals surface area contributed by atoms with E-state index in [0.29, 0.717) is 17.9 Å². The summed E-state index contributed by atoms with van der Waals surface area (Å²) in [6.45, 7) is 0.958. The molecule has 4 N–H and O–H groups in total. The minimum absolute atomic E-state index is 0.120. The first-order valence-corrected chi connectivity index (χ1v) is 12.4. The van der Waals surface area contributed by atoms with E-state index in [0.717, 1.165) is 44.6 Å². The van der Waals surface area contributed by atoms with Gasteiger partial charge in [0.1, 0.15) is 5.54 Å². The third kappa shape index (κ3) is 5.48. The van der Waals surface area contributed by atoms with Gasteiger partial charge in [-0.05, 0) is 43.9 Å². The SMILES string of the molecule is CN1C(=O)[C@@](CCC2CCCCC2)(C[C@H]2CCC[C@H](NCCc3cnc[nH]3)C2)N=C1N. The van der Waals surface area contributed by atoms with Gasteiger partial charge in [0.25, 0.3) is 5.91 Å². The van der Waals surface area contributed by atoms with Gasteiger partial charge in [0.15, 0.2) is 5.96 Å². The first kappa shape index (κ1) is 22.3. The van der Waals surface area contributed by atoms with Crippen LogP contribution in [0.2, 0.25) is 0 Å². The Labute approximate surface area is 186 Å². The molecule has 31 heavy (non-hydrogen) atoms. The molecule has 0 bridgehead atoms. The van der Waals surface area contributed by atoms with E-state index in [1.54, 1.807) is 18.3 Å². The van der Waals surface area contributed by atoms with E-state index < -0.39 is 5.54 Å². The van der Waals surface area contributed by atoms with Crippen LogP contribution in [0.5, 0.6) is 0 Å². The van der Waals surface area contributed by atoms with Crippen molar-refractivity contribution in [3.63, 3.8) is 0 Å². The predicted octanol–water partition coefficient (Wildman–Crippen LogP) is 3.38. The third-order valence-corrected chi connectivity index (χ3v) is 7.86. The number of aliphatic imine (C=N–C) groups is 1. The number of H-pyrrole nitrogens is 1. The van der Waals surface area contributed by atoms with Gasteiger partial charge in [-0.1, -0.05) is 44.9 Å². The molecule has 7 nitrogen and oxygen atoms in total. The maximum atomic E-state index is 13.3. The summed E-state index contributed by atoms with van der Waals surface area (Å²) in [7, 11) is 1.78. The first-order chi connectivity index (χ1) is 15.1. The van der Waals surface area contributed by atoms with E-state index in [1.165, 1.54) is 57.1 Å². The number of carbonyl (C=O) groups is 1. The summed E-state index contributed by atoms with van der Waals surface area (Å²) in [5, 5.41) is 3.74. The molecule has 1 aromatic heterocycles. The molecule has 172 valence electrons. The van der Waals surface area contributed by atoms with Crippen LogP contribution in [-0.4, -0.2) is 51.9 Å². The van der Waals surface area contributed by atoms with E-state index in [2.05, 4.69) is 15.3 Å². The molecule has 2 fully saturated rings. The molecule has 1 aromatic rings. The number of nitrogens with two attached hydrogens (primary N) is 1. The Morgan fingerprint density at radius 2 is 2.00 bits per heavy atom. The summed E-state index contributed by atoms with van der Waals surface area (Å²) >= 11 is 0. The second-order valence-electron chi connectivity index (χ2n) is 10.1. The third-order valence-electron chi connectivity index (χ3n) is 7.86. The number of aromatic amines is 1. The Hall–Kier alpha value is -1.89. The second-order valence-corrected chi connectivity index (χ2v) is 10.1. The standard InChI is InChI=1S/C24H40N6O/c1-30-22(31)24(29-23(30)25,12-10-18-6-3-2-4-7-18)15-19-8-5-9-20(14-19)27-13-11-21-16-26-17-28-21/h16-20,27H,2-15H2,1H3,(H2,25,29)(H,26,28)/t19-,20-,24+/m0/s1. The number of hydrogen-bond donors (Lipinski definition) is 3. The zero-order valence-corrected chi connectivity index (χ0v) is 19.1. The molecule has 0 radical (unpaired) electrons. The molecule has 2 saturated carbocycles. The fraction of sp³-hybridized carbons (Fsp3) is 0.792. The lowest BCUT2D eigenvalue weighted by Crippen LogP contribution is -2.45. The molecule has 0 aromatic carbocycles. The Bertz CT molecular complexity index is 741. The fourth-order valence-electron chi connectivity index (χ4n) is 6.05. The van der Waals surface area contributed by atoms with Gasteiger partial charge in [0, 0.05) is 37.9 Å². The molecular formula is C24H40N6O. The number of imidazole rings is 1. The maximum absolute atomic E-state index is 13.3. The highest BCUT2D eigenvalue weighted by Crippen LogP contribution is 2.40. The lowest BCUT2D eigenvalue weighted by atomic mass is 9.74. The monoisotopic (exact) mass is 428 g/mol.